The van der Waals surface area contributed by atoms with Crippen molar-refractivity contribution in [3.05, 3.63) is 35.9 Å². The summed E-state index contributed by atoms with van der Waals surface area (Å²) in [6.45, 7) is 7.51. The summed E-state index contributed by atoms with van der Waals surface area (Å²) in [6.07, 6.45) is 1.18. The molecular weight excluding hydrogens is 228 g/mol. The highest BCUT2D eigenvalue weighted by molar-refractivity contribution is 8.14. The topological polar surface area (TPSA) is 24.4 Å². The maximum absolute atomic E-state index is 4.67. The van der Waals surface area contributed by atoms with Gasteiger partial charge in [0.25, 0.3) is 0 Å². The summed E-state index contributed by atoms with van der Waals surface area (Å²) in [5.41, 5.74) is 1.43. The normalized spacial score (nSPS) is 25.6. The zero-order chi connectivity index (χ0) is 12.3. The van der Waals surface area contributed by atoms with Crippen LogP contribution in [0.5, 0.6) is 0 Å². The van der Waals surface area contributed by atoms with Crippen LogP contribution in [0, 0.1) is 0 Å². The molecule has 1 saturated heterocycles. The van der Waals surface area contributed by atoms with Gasteiger partial charge in [0, 0.05) is 10.8 Å². The molecule has 2 nitrogen and oxygen atoms in total. The molecule has 0 radical (unpaired) electrons. The molecule has 0 aromatic heterocycles. The average molecular weight is 248 g/mol. The predicted octanol–water partition coefficient (Wildman–Crippen LogP) is 3.44. The van der Waals surface area contributed by atoms with E-state index in [1.54, 1.807) is 0 Å². The first-order valence-corrected chi connectivity index (χ1v) is 6.96. The van der Waals surface area contributed by atoms with Crippen LogP contribution in [0.1, 0.15) is 32.8 Å². The highest BCUT2D eigenvalue weighted by Crippen LogP contribution is 2.28. The highest BCUT2D eigenvalue weighted by Gasteiger charge is 2.28. The number of nitrogens with zero attached hydrogens (tertiary/aromatic N) is 1. The van der Waals surface area contributed by atoms with Crippen LogP contribution >= 0.6 is 11.8 Å². The van der Waals surface area contributed by atoms with E-state index in [9.17, 15) is 0 Å². The van der Waals surface area contributed by atoms with Gasteiger partial charge in [0.2, 0.25) is 0 Å². The lowest BCUT2D eigenvalue weighted by molar-refractivity contribution is 0.421. The van der Waals surface area contributed by atoms with Crippen LogP contribution in [0.2, 0.25) is 0 Å². The fourth-order valence-corrected chi connectivity index (χ4v) is 3.50. The van der Waals surface area contributed by atoms with Crippen LogP contribution in [0.4, 0.5) is 0 Å². The van der Waals surface area contributed by atoms with Gasteiger partial charge in [0.05, 0.1) is 6.54 Å². The SMILES string of the molecule is CC1CC(C)(C)NC(=NCc2ccccc2)S1. The van der Waals surface area contributed by atoms with Crippen LogP contribution < -0.4 is 5.32 Å². The molecule has 1 unspecified atom stereocenters. The van der Waals surface area contributed by atoms with E-state index in [-0.39, 0.29) is 5.54 Å². The number of nitrogens with one attached hydrogen (secondary N) is 1. The number of rotatable bonds is 2. The molecule has 1 fully saturated rings. The number of thioether (sulfide) groups is 1. The highest BCUT2D eigenvalue weighted by atomic mass is 32.2. The summed E-state index contributed by atoms with van der Waals surface area (Å²) >= 11 is 1.85. The number of hydrogen-bond acceptors (Lipinski definition) is 2. The lowest BCUT2D eigenvalue weighted by atomic mass is 9.99. The standard InChI is InChI=1S/C14H20N2S/c1-11-9-14(2,3)16-13(17-11)15-10-12-7-5-4-6-8-12/h4-8,11H,9-10H2,1-3H3,(H,15,16). The molecule has 2 rings (SSSR count). The quantitative estimate of drug-likeness (QED) is 0.867. The van der Waals surface area contributed by atoms with Crippen molar-refractivity contribution < 1.29 is 0 Å². The molecule has 1 aromatic carbocycles. The summed E-state index contributed by atoms with van der Waals surface area (Å²) in [6, 6.07) is 10.4. The molecule has 1 N–H and O–H groups in total. The lowest BCUT2D eigenvalue weighted by Gasteiger charge is -2.36. The minimum atomic E-state index is 0.167. The van der Waals surface area contributed by atoms with E-state index >= 15 is 0 Å². The van der Waals surface area contributed by atoms with E-state index < -0.39 is 0 Å². The Balaban J connectivity index is 2.02. The first kappa shape index (κ1) is 12.5. The van der Waals surface area contributed by atoms with Crippen molar-refractivity contribution in [3.8, 4) is 0 Å². The molecule has 0 amide bonds. The van der Waals surface area contributed by atoms with Crippen molar-refractivity contribution in [3.63, 3.8) is 0 Å². The molecule has 1 aliphatic rings. The van der Waals surface area contributed by atoms with Crippen molar-refractivity contribution >= 4 is 16.9 Å². The zero-order valence-corrected chi connectivity index (χ0v) is 11.6. The summed E-state index contributed by atoms with van der Waals surface area (Å²) in [5.74, 6) is 0. The fourth-order valence-electron chi connectivity index (χ4n) is 2.14. The summed E-state index contributed by atoms with van der Waals surface area (Å²) in [4.78, 5) is 4.67. The zero-order valence-electron chi connectivity index (χ0n) is 10.7. The largest absolute Gasteiger partial charge is 0.360 e. The van der Waals surface area contributed by atoms with Gasteiger partial charge >= 0.3 is 0 Å². The van der Waals surface area contributed by atoms with Crippen LogP contribution in [-0.4, -0.2) is 16.0 Å². The molecular formula is C14H20N2S. The summed E-state index contributed by atoms with van der Waals surface area (Å²) in [7, 11) is 0. The average Bonchev–Trinajstić information content (AvgIpc) is 2.25. The Kier molecular flexibility index (Phi) is 3.77. The monoisotopic (exact) mass is 248 g/mol. The molecule has 1 aromatic rings. The van der Waals surface area contributed by atoms with Gasteiger partial charge in [-0.1, -0.05) is 49.0 Å². The Morgan fingerprint density at radius 2 is 2.06 bits per heavy atom. The van der Waals surface area contributed by atoms with Gasteiger partial charge in [-0.3, -0.25) is 4.99 Å². The van der Waals surface area contributed by atoms with Gasteiger partial charge in [-0.15, -0.1) is 0 Å². The molecule has 0 bridgehead atoms. The first-order valence-electron chi connectivity index (χ1n) is 6.08. The van der Waals surface area contributed by atoms with Gasteiger partial charge in [0.15, 0.2) is 5.17 Å². The Morgan fingerprint density at radius 1 is 1.35 bits per heavy atom. The van der Waals surface area contributed by atoms with Gasteiger partial charge in [-0.05, 0) is 25.8 Å². The Bertz CT molecular complexity index is 398. The van der Waals surface area contributed by atoms with Crippen molar-refractivity contribution in [2.24, 2.45) is 4.99 Å². The Labute approximate surface area is 108 Å². The number of hydrogen-bond donors (Lipinski definition) is 1. The van der Waals surface area contributed by atoms with Gasteiger partial charge < -0.3 is 5.32 Å². The van der Waals surface area contributed by atoms with Gasteiger partial charge in [-0.2, -0.15) is 0 Å². The first-order chi connectivity index (χ1) is 8.05. The van der Waals surface area contributed by atoms with Crippen molar-refractivity contribution in [1.29, 1.82) is 0 Å². The minimum absolute atomic E-state index is 0.167. The number of benzene rings is 1. The second kappa shape index (κ2) is 5.13. The smallest absolute Gasteiger partial charge is 0.157 e. The maximum atomic E-state index is 4.67. The molecule has 0 aliphatic carbocycles. The van der Waals surface area contributed by atoms with E-state index in [2.05, 4.69) is 55.3 Å². The molecule has 17 heavy (non-hydrogen) atoms. The van der Waals surface area contributed by atoms with E-state index in [1.165, 1.54) is 12.0 Å². The van der Waals surface area contributed by atoms with Crippen molar-refractivity contribution in [2.45, 2.75) is 44.5 Å². The number of amidine groups is 1. The Morgan fingerprint density at radius 3 is 2.71 bits per heavy atom. The van der Waals surface area contributed by atoms with E-state index in [0.29, 0.717) is 5.25 Å². The van der Waals surface area contributed by atoms with E-state index in [4.69, 9.17) is 0 Å². The third-order valence-corrected chi connectivity index (χ3v) is 3.83. The van der Waals surface area contributed by atoms with Crippen LogP contribution in [0.15, 0.2) is 35.3 Å². The van der Waals surface area contributed by atoms with Crippen LogP contribution in [0.25, 0.3) is 0 Å². The molecule has 1 atom stereocenters. The fraction of sp³-hybridized carbons (Fsp3) is 0.500. The van der Waals surface area contributed by atoms with E-state index in [0.717, 1.165) is 11.7 Å². The molecule has 92 valence electrons. The second-order valence-electron chi connectivity index (χ2n) is 5.25. The lowest BCUT2D eigenvalue weighted by Crippen LogP contribution is -2.48. The molecule has 0 saturated carbocycles. The predicted molar refractivity (Wildman–Crippen MR) is 76.5 cm³/mol. The molecule has 1 aliphatic heterocycles. The molecule has 3 heteroatoms. The third kappa shape index (κ3) is 3.77. The van der Waals surface area contributed by atoms with Crippen molar-refractivity contribution in [2.75, 3.05) is 0 Å². The second-order valence-corrected chi connectivity index (χ2v) is 6.68. The Hall–Kier alpha value is -0.960. The third-order valence-electron chi connectivity index (χ3n) is 2.80. The minimum Gasteiger partial charge on any atom is -0.360 e. The molecule has 0 spiro atoms. The van der Waals surface area contributed by atoms with Crippen LogP contribution in [0.3, 0.4) is 0 Å². The van der Waals surface area contributed by atoms with Crippen LogP contribution in [-0.2, 0) is 6.54 Å². The van der Waals surface area contributed by atoms with Crippen molar-refractivity contribution in [1.82, 2.24) is 5.32 Å². The maximum Gasteiger partial charge on any atom is 0.157 e. The van der Waals surface area contributed by atoms with E-state index in [1.807, 2.05) is 17.8 Å². The van der Waals surface area contributed by atoms with Gasteiger partial charge in [0.1, 0.15) is 0 Å². The molecule has 1 heterocycles. The number of aliphatic imine (C=N–C) groups is 1. The van der Waals surface area contributed by atoms with Gasteiger partial charge in [-0.25, -0.2) is 0 Å². The summed E-state index contributed by atoms with van der Waals surface area (Å²) in [5, 5.41) is 5.23. The summed E-state index contributed by atoms with van der Waals surface area (Å²) < 4.78 is 0.